The number of aliphatic hydroxyl groups is 1. The summed E-state index contributed by atoms with van der Waals surface area (Å²) in [5.74, 6) is 1.34. The molecule has 0 radical (unpaired) electrons. The first kappa shape index (κ1) is 18.3. The van der Waals surface area contributed by atoms with Crippen LogP contribution >= 0.6 is 0 Å². The molecular formula is C20H27NO3. The SMILES string of the molecule is CCCCNCC(O)COc1ccccc1OCc1ccccc1. The van der Waals surface area contributed by atoms with Crippen LogP contribution in [0.2, 0.25) is 0 Å². The van der Waals surface area contributed by atoms with E-state index in [-0.39, 0.29) is 6.61 Å². The highest BCUT2D eigenvalue weighted by molar-refractivity contribution is 5.39. The number of unbranched alkanes of at least 4 members (excludes halogenated alkanes) is 1. The second-order valence-electron chi connectivity index (χ2n) is 5.74. The van der Waals surface area contributed by atoms with Gasteiger partial charge in [-0.25, -0.2) is 0 Å². The van der Waals surface area contributed by atoms with Gasteiger partial charge in [0.1, 0.15) is 19.3 Å². The maximum atomic E-state index is 9.98. The molecule has 0 spiro atoms. The summed E-state index contributed by atoms with van der Waals surface area (Å²) in [5, 5.41) is 13.2. The molecule has 0 saturated heterocycles. The minimum absolute atomic E-state index is 0.241. The predicted octanol–water partition coefficient (Wildman–Crippen LogP) is 3.40. The van der Waals surface area contributed by atoms with Crippen LogP contribution < -0.4 is 14.8 Å². The zero-order valence-electron chi connectivity index (χ0n) is 14.3. The lowest BCUT2D eigenvalue weighted by atomic mass is 10.2. The molecule has 0 fully saturated rings. The predicted molar refractivity (Wildman–Crippen MR) is 96.5 cm³/mol. The van der Waals surface area contributed by atoms with Gasteiger partial charge < -0.3 is 19.9 Å². The third-order valence-electron chi connectivity index (χ3n) is 3.60. The minimum atomic E-state index is -0.538. The van der Waals surface area contributed by atoms with Crippen LogP contribution in [0.1, 0.15) is 25.3 Å². The van der Waals surface area contributed by atoms with E-state index in [0.29, 0.717) is 24.7 Å². The highest BCUT2D eigenvalue weighted by Gasteiger charge is 2.08. The van der Waals surface area contributed by atoms with E-state index in [1.165, 1.54) is 0 Å². The van der Waals surface area contributed by atoms with Gasteiger partial charge in [-0.3, -0.25) is 0 Å². The van der Waals surface area contributed by atoms with Crippen LogP contribution in [-0.2, 0) is 6.61 Å². The average Bonchev–Trinajstić information content (AvgIpc) is 2.63. The van der Waals surface area contributed by atoms with E-state index >= 15 is 0 Å². The second kappa shape index (κ2) is 10.7. The van der Waals surface area contributed by atoms with Gasteiger partial charge in [0.25, 0.3) is 0 Å². The van der Waals surface area contributed by atoms with Gasteiger partial charge in [0, 0.05) is 6.54 Å². The average molecular weight is 329 g/mol. The smallest absolute Gasteiger partial charge is 0.161 e. The third-order valence-corrected chi connectivity index (χ3v) is 3.60. The number of benzene rings is 2. The molecule has 2 aromatic carbocycles. The lowest BCUT2D eigenvalue weighted by molar-refractivity contribution is 0.104. The summed E-state index contributed by atoms with van der Waals surface area (Å²) in [4.78, 5) is 0. The number of rotatable bonds is 11. The molecule has 2 N–H and O–H groups in total. The summed E-state index contributed by atoms with van der Waals surface area (Å²) in [6.07, 6.45) is 1.72. The van der Waals surface area contributed by atoms with E-state index < -0.39 is 6.10 Å². The molecule has 0 heterocycles. The number of para-hydroxylation sites is 2. The molecule has 4 nitrogen and oxygen atoms in total. The summed E-state index contributed by atoms with van der Waals surface area (Å²) in [6.45, 7) is 4.33. The Morgan fingerprint density at radius 1 is 0.958 bits per heavy atom. The molecule has 1 unspecified atom stereocenters. The summed E-state index contributed by atoms with van der Waals surface area (Å²) in [7, 11) is 0. The second-order valence-corrected chi connectivity index (χ2v) is 5.74. The summed E-state index contributed by atoms with van der Waals surface area (Å²) in [6, 6.07) is 17.6. The van der Waals surface area contributed by atoms with Crippen LogP contribution in [0, 0.1) is 0 Å². The molecule has 2 rings (SSSR count). The van der Waals surface area contributed by atoms with Gasteiger partial charge >= 0.3 is 0 Å². The molecule has 0 aliphatic heterocycles. The molecule has 0 aliphatic rings. The molecule has 0 bridgehead atoms. The normalized spacial score (nSPS) is 11.9. The van der Waals surface area contributed by atoms with E-state index in [0.717, 1.165) is 24.9 Å². The van der Waals surface area contributed by atoms with E-state index in [1.54, 1.807) is 0 Å². The number of aliphatic hydroxyl groups excluding tert-OH is 1. The maximum absolute atomic E-state index is 9.98. The van der Waals surface area contributed by atoms with Crippen LogP contribution in [0.25, 0.3) is 0 Å². The molecule has 2 aromatic rings. The minimum Gasteiger partial charge on any atom is -0.487 e. The fraction of sp³-hybridized carbons (Fsp3) is 0.400. The van der Waals surface area contributed by atoms with Crippen LogP contribution in [0.15, 0.2) is 54.6 Å². The maximum Gasteiger partial charge on any atom is 0.161 e. The Labute approximate surface area is 144 Å². The largest absolute Gasteiger partial charge is 0.487 e. The molecule has 24 heavy (non-hydrogen) atoms. The van der Waals surface area contributed by atoms with Crippen LogP contribution in [-0.4, -0.2) is 30.9 Å². The Hall–Kier alpha value is -2.04. The number of hydrogen-bond donors (Lipinski definition) is 2. The van der Waals surface area contributed by atoms with E-state index in [9.17, 15) is 5.11 Å². The van der Waals surface area contributed by atoms with E-state index in [2.05, 4.69) is 12.2 Å². The van der Waals surface area contributed by atoms with Gasteiger partial charge in [-0.15, -0.1) is 0 Å². The lowest BCUT2D eigenvalue weighted by Gasteiger charge is -2.16. The third kappa shape index (κ3) is 6.60. The first-order valence-electron chi connectivity index (χ1n) is 8.57. The molecule has 1 atom stereocenters. The number of nitrogens with one attached hydrogen (secondary N) is 1. The number of ether oxygens (including phenoxy) is 2. The highest BCUT2D eigenvalue weighted by Crippen LogP contribution is 2.27. The van der Waals surface area contributed by atoms with Crippen molar-refractivity contribution < 1.29 is 14.6 Å². The lowest BCUT2D eigenvalue weighted by Crippen LogP contribution is -2.32. The van der Waals surface area contributed by atoms with E-state index in [1.807, 2.05) is 54.6 Å². The number of hydrogen-bond acceptors (Lipinski definition) is 4. The van der Waals surface area contributed by atoms with Gasteiger partial charge in [-0.2, -0.15) is 0 Å². The quantitative estimate of drug-likeness (QED) is 0.621. The Balaban J connectivity index is 1.80. The monoisotopic (exact) mass is 329 g/mol. The van der Waals surface area contributed by atoms with Crippen molar-refractivity contribution in [3.05, 3.63) is 60.2 Å². The Bertz CT molecular complexity index is 574. The molecule has 0 saturated carbocycles. The van der Waals surface area contributed by atoms with Crippen molar-refractivity contribution in [1.82, 2.24) is 5.32 Å². The topological polar surface area (TPSA) is 50.7 Å². The van der Waals surface area contributed by atoms with Crippen LogP contribution in [0.5, 0.6) is 11.5 Å². The summed E-state index contributed by atoms with van der Waals surface area (Å²) < 4.78 is 11.6. The molecule has 4 heteroatoms. The van der Waals surface area contributed by atoms with E-state index in [4.69, 9.17) is 9.47 Å². The Kier molecular flexibility index (Phi) is 8.15. The summed E-state index contributed by atoms with van der Waals surface area (Å²) >= 11 is 0. The molecular weight excluding hydrogens is 302 g/mol. The zero-order valence-corrected chi connectivity index (χ0v) is 14.3. The first-order chi connectivity index (χ1) is 11.8. The van der Waals surface area contributed by atoms with Gasteiger partial charge in [-0.05, 0) is 30.7 Å². The highest BCUT2D eigenvalue weighted by atomic mass is 16.5. The van der Waals surface area contributed by atoms with Gasteiger partial charge in [0.2, 0.25) is 0 Å². The van der Waals surface area contributed by atoms with Crippen molar-refractivity contribution in [2.24, 2.45) is 0 Å². The summed E-state index contributed by atoms with van der Waals surface area (Å²) in [5.41, 5.74) is 1.10. The fourth-order valence-corrected chi connectivity index (χ4v) is 2.24. The zero-order chi connectivity index (χ0) is 17.0. The fourth-order valence-electron chi connectivity index (χ4n) is 2.24. The van der Waals surface area contributed by atoms with Gasteiger partial charge in [0.05, 0.1) is 0 Å². The van der Waals surface area contributed by atoms with Gasteiger partial charge in [0.15, 0.2) is 11.5 Å². The molecule has 0 aliphatic carbocycles. The molecule has 0 aromatic heterocycles. The molecule has 0 amide bonds. The van der Waals surface area contributed by atoms with Crippen molar-refractivity contribution in [2.75, 3.05) is 19.7 Å². The van der Waals surface area contributed by atoms with Crippen molar-refractivity contribution in [1.29, 1.82) is 0 Å². The Morgan fingerprint density at radius 3 is 2.33 bits per heavy atom. The van der Waals surface area contributed by atoms with Crippen molar-refractivity contribution >= 4 is 0 Å². The van der Waals surface area contributed by atoms with Crippen molar-refractivity contribution in [3.63, 3.8) is 0 Å². The van der Waals surface area contributed by atoms with Gasteiger partial charge in [-0.1, -0.05) is 55.8 Å². The van der Waals surface area contributed by atoms with Crippen molar-refractivity contribution in [3.8, 4) is 11.5 Å². The van der Waals surface area contributed by atoms with Crippen molar-refractivity contribution in [2.45, 2.75) is 32.5 Å². The van der Waals surface area contributed by atoms with Crippen LogP contribution in [0.3, 0.4) is 0 Å². The van der Waals surface area contributed by atoms with Crippen LogP contribution in [0.4, 0.5) is 0 Å². The molecule has 130 valence electrons. The first-order valence-corrected chi connectivity index (χ1v) is 8.57. The standard InChI is InChI=1S/C20H27NO3/c1-2-3-13-21-14-18(22)16-24-20-12-8-7-11-19(20)23-15-17-9-5-4-6-10-17/h4-12,18,21-22H,2-3,13-16H2,1H3. The Morgan fingerprint density at radius 2 is 1.62 bits per heavy atom.